The molecule has 1 aromatic heterocycles. The predicted molar refractivity (Wildman–Crippen MR) is 117 cm³/mol. The minimum atomic E-state index is -1.08. The second-order valence-electron chi connectivity index (χ2n) is 7.51. The Bertz CT molecular complexity index is 1250. The first-order chi connectivity index (χ1) is 15.2. The summed E-state index contributed by atoms with van der Waals surface area (Å²) in [5.74, 6) is -1.35. The van der Waals surface area contributed by atoms with E-state index in [0.29, 0.717) is 5.69 Å². The fourth-order valence-corrected chi connectivity index (χ4v) is 4.13. The van der Waals surface area contributed by atoms with Gasteiger partial charge in [0, 0.05) is 11.1 Å². The lowest BCUT2D eigenvalue weighted by Gasteiger charge is -2.20. The summed E-state index contributed by atoms with van der Waals surface area (Å²) in [5, 5.41) is 23.0. The molecule has 7 heteroatoms. The molecule has 2 amide bonds. The highest BCUT2D eigenvalue weighted by Gasteiger charge is 2.35. The molecule has 0 saturated carbocycles. The minimum Gasteiger partial charge on any atom is -0.394 e. The summed E-state index contributed by atoms with van der Waals surface area (Å²) in [5.41, 5.74) is 5.13. The second-order valence-corrected chi connectivity index (χ2v) is 7.51. The molecule has 1 atom stereocenters. The van der Waals surface area contributed by atoms with Crippen LogP contribution in [0.15, 0.2) is 72.9 Å². The molecule has 31 heavy (non-hydrogen) atoms. The third kappa shape index (κ3) is 3.35. The van der Waals surface area contributed by atoms with Gasteiger partial charge in [-0.15, -0.1) is 0 Å². The molecule has 1 unspecified atom stereocenters. The van der Waals surface area contributed by atoms with E-state index in [0.717, 1.165) is 33.2 Å². The maximum absolute atomic E-state index is 13.2. The molecule has 0 bridgehead atoms. The van der Waals surface area contributed by atoms with Crippen LogP contribution < -0.4 is 10.6 Å². The van der Waals surface area contributed by atoms with E-state index in [1.165, 1.54) is 0 Å². The number of anilines is 1. The van der Waals surface area contributed by atoms with Crippen LogP contribution in [-0.4, -0.2) is 39.8 Å². The molecule has 0 spiro atoms. The van der Waals surface area contributed by atoms with Crippen molar-refractivity contribution in [2.45, 2.75) is 12.0 Å². The lowest BCUT2D eigenvalue weighted by molar-refractivity contribution is -0.127. The Morgan fingerprint density at radius 2 is 1.68 bits per heavy atom. The normalized spacial score (nSPS) is 13.5. The fraction of sp³-hybridized carbons (Fsp3) is 0.125. The van der Waals surface area contributed by atoms with Crippen LogP contribution in [0.2, 0.25) is 0 Å². The predicted octanol–water partition coefficient (Wildman–Crippen LogP) is 2.79. The van der Waals surface area contributed by atoms with Gasteiger partial charge in [0.2, 0.25) is 11.8 Å². The zero-order valence-corrected chi connectivity index (χ0v) is 16.5. The quantitative estimate of drug-likeness (QED) is 0.404. The number of nitrogens with zero attached hydrogens (tertiary/aromatic N) is 1. The Kier molecular flexibility index (Phi) is 4.72. The van der Waals surface area contributed by atoms with Gasteiger partial charge in [-0.25, -0.2) is 0 Å². The van der Waals surface area contributed by atoms with Crippen LogP contribution in [0.25, 0.3) is 22.0 Å². The lowest BCUT2D eigenvalue weighted by Crippen LogP contribution is -2.47. The Hall–Kier alpha value is -3.97. The summed E-state index contributed by atoms with van der Waals surface area (Å²) in [6.07, 6.45) is 1.69. The van der Waals surface area contributed by atoms with Gasteiger partial charge in [0.05, 0.1) is 24.2 Å². The van der Waals surface area contributed by atoms with Crippen molar-refractivity contribution in [1.82, 2.24) is 15.5 Å². The highest BCUT2D eigenvalue weighted by molar-refractivity contribution is 6.01. The maximum atomic E-state index is 13.2. The maximum Gasteiger partial charge on any atom is 0.249 e. The molecule has 0 radical (unpaired) electrons. The zero-order valence-electron chi connectivity index (χ0n) is 16.5. The standard InChI is InChI=1S/C24H20N4O3/c29-13-21(23(30)26-15-10-9-14-12-25-28-20(14)11-15)27-24(31)22-18-7-3-1-5-16(18)17-6-2-4-8-19(17)22/h1-12,21-22,29H,13H2,(H,25,28)(H,26,30)(H,27,31). The van der Waals surface area contributed by atoms with Gasteiger partial charge < -0.3 is 15.7 Å². The van der Waals surface area contributed by atoms with E-state index in [9.17, 15) is 14.7 Å². The number of aliphatic hydroxyl groups is 1. The van der Waals surface area contributed by atoms with E-state index in [1.54, 1.807) is 18.3 Å². The van der Waals surface area contributed by atoms with Crippen molar-refractivity contribution in [3.8, 4) is 11.1 Å². The molecule has 7 nitrogen and oxygen atoms in total. The summed E-state index contributed by atoms with van der Waals surface area (Å²) in [6, 6.07) is 19.7. The van der Waals surface area contributed by atoms with Crippen molar-refractivity contribution in [3.63, 3.8) is 0 Å². The van der Waals surface area contributed by atoms with Crippen molar-refractivity contribution in [2.75, 3.05) is 11.9 Å². The second kappa shape index (κ2) is 7.70. The van der Waals surface area contributed by atoms with Gasteiger partial charge in [0.25, 0.3) is 0 Å². The van der Waals surface area contributed by atoms with Gasteiger partial charge in [0.1, 0.15) is 6.04 Å². The topological polar surface area (TPSA) is 107 Å². The number of hydrogen-bond donors (Lipinski definition) is 4. The van der Waals surface area contributed by atoms with Gasteiger partial charge in [-0.05, 0) is 40.5 Å². The van der Waals surface area contributed by atoms with Gasteiger partial charge >= 0.3 is 0 Å². The Morgan fingerprint density at radius 3 is 2.35 bits per heavy atom. The molecule has 1 aliphatic rings. The summed E-state index contributed by atoms with van der Waals surface area (Å²) >= 11 is 0. The smallest absolute Gasteiger partial charge is 0.249 e. The average molecular weight is 412 g/mol. The number of aromatic amines is 1. The number of fused-ring (bicyclic) bond motifs is 4. The fourth-order valence-electron chi connectivity index (χ4n) is 4.13. The van der Waals surface area contributed by atoms with Crippen LogP contribution >= 0.6 is 0 Å². The highest BCUT2D eigenvalue weighted by Crippen LogP contribution is 2.44. The lowest BCUT2D eigenvalue weighted by atomic mass is 9.95. The molecule has 5 rings (SSSR count). The van der Waals surface area contributed by atoms with Crippen molar-refractivity contribution >= 4 is 28.4 Å². The summed E-state index contributed by atoms with van der Waals surface area (Å²) in [7, 11) is 0. The summed E-state index contributed by atoms with van der Waals surface area (Å²) < 4.78 is 0. The van der Waals surface area contributed by atoms with Crippen LogP contribution in [-0.2, 0) is 9.59 Å². The third-order valence-corrected chi connectivity index (χ3v) is 5.62. The number of rotatable bonds is 5. The Balaban J connectivity index is 1.36. The number of H-pyrrole nitrogens is 1. The van der Waals surface area contributed by atoms with Crippen molar-refractivity contribution in [1.29, 1.82) is 0 Å². The van der Waals surface area contributed by atoms with Crippen LogP contribution in [0.3, 0.4) is 0 Å². The number of aliphatic hydroxyl groups excluding tert-OH is 1. The van der Waals surface area contributed by atoms with Gasteiger partial charge in [-0.1, -0.05) is 48.5 Å². The highest BCUT2D eigenvalue weighted by atomic mass is 16.3. The van der Waals surface area contributed by atoms with Crippen molar-refractivity contribution in [2.24, 2.45) is 0 Å². The van der Waals surface area contributed by atoms with Crippen molar-refractivity contribution in [3.05, 3.63) is 84.1 Å². The minimum absolute atomic E-state index is 0.323. The SMILES string of the molecule is O=C(Nc1ccc2cn[nH]c2c1)C(CO)NC(=O)C1c2ccccc2-c2ccccc21. The molecule has 4 aromatic rings. The number of carbonyl (C=O) groups excluding carboxylic acids is 2. The van der Waals surface area contributed by atoms with Gasteiger partial charge in [-0.2, -0.15) is 5.10 Å². The van der Waals surface area contributed by atoms with E-state index in [1.807, 2.05) is 54.6 Å². The number of hydrogen-bond acceptors (Lipinski definition) is 4. The largest absolute Gasteiger partial charge is 0.394 e. The first kappa shape index (κ1) is 19.0. The first-order valence-corrected chi connectivity index (χ1v) is 9.99. The van der Waals surface area contributed by atoms with Crippen LogP contribution in [0.1, 0.15) is 17.0 Å². The van der Waals surface area contributed by atoms with Gasteiger partial charge in [-0.3, -0.25) is 14.7 Å². The van der Waals surface area contributed by atoms with Crippen LogP contribution in [0.4, 0.5) is 5.69 Å². The van der Waals surface area contributed by atoms with E-state index in [4.69, 9.17) is 0 Å². The average Bonchev–Trinajstić information content (AvgIpc) is 3.39. The number of benzene rings is 3. The molecular formula is C24H20N4O3. The third-order valence-electron chi connectivity index (χ3n) is 5.62. The van der Waals surface area contributed by atoms with Gasteiger partial charge in [0.15, 0.2) is 0 Å². The van der Waals surface area contributed by atoms with Crippen molar-refractivity contribution < 1.29 is 14.7 Å². The Morgan fingerprint density at radius 1 is 1.00 bits per heavy atom. The molecule has 0 saturated heterocycles. The number of amides is 2. The molecule has 0 aliphatic heterocycles. The van der Waals surface area contributed by atoms with E-state index < -0.39 is 24.5 Å². The molecule has 154 valence electrons. The number of nitrogens with one attached hydrogen (secondary N) is 3. The number of aromatic nitrogens is 2. The Labute approximate surface area is 178 Å². The first-order valence-electron chi connectivity index (χ1n) is 9.99. The van der Waals surface area contributed by atoms with E-state index in [2.05, 4.69) is 20.8 Å². The molecule has 1 heterocycles. The molecule has 4 N–H and O–H groups in total. The van der Waals surface area contributed by atoms with E-state index >= 15 is 0 Å². The monoisotopic (exact) mass is 412 g/mol. The molecule has 0 fully saturated rings. The van der Waals surface area contributed by atoms with Crippen LogP contribution in [0.5, 0.6) is 0 Å². The summed E-state index contributed by atoms with van der Waals surface area (Å²) in [4.78, 5) is 26.0. The molecule has 1 aliphatic carbocycles. The number of carbonyl (C=O) groups is 2. The molecular weight excluding hydrogens is 392 g/mol. The van der Waals surface area contributed by atoms with E-state index in [-0.39, 0.29) is 5.91 Å². The summed E-state index contributed by atoms with van der Waals surface area (Å²) in [6.45, 7) is -0.514. The molecule has 3 aromatic carbocycles. The zero-order chi connectivity index (χ0) is 21.4. The van der Waals surface area contributed by atoms with Crippen LogP contribution in [0, 0.1) is 0 Å².